The van der Waals surface area contributed by atoms with Crippen LogP contribution in [0.15, 0.2) is 57.5 Å². The van der Waals surface area contributed by atoms with E-state index < -0.39 is 0 Å². The maximum Gasteiger partial charge on any atom is 0.128 e. The summed E-state index contributed by atoms with van der Waals surface area (Å²) in [5.74, 6) is 1.66. The van der Waals surface area contributed by atoms with E-state index in [1.165, 1.54) is 0 Å². The van der Waals surface area contributed by atoms with Crippen LogP contribution in [0.1, 0.15) is 0 Å². The Hall–Kier alpha value is -0.800. The van der Waals surface area contributed by atoms with Gasteiger partial charge >= 0.3 is 0 Å². The molecule has 0 heterocycles. The van der Waals surface area contributed by atoms with E-state index in [1.807, 2.05) is 48.5 Å². The number of hydrogen-bond donors (Lipinski definition) is 0. The van der Waals surface area contributed by atoms with Crippen molar-refractivity contribution >= 4 is 31.9 Å². The minimum Gasteiger partial charge on any atom is -0.457 e. The molecular formula is C12H8Br2O. The quantitative estimate of drug-likeness (QED) is 0.753. The number of halogens is 2. The molecule has 0 saturated heterocycles. The highest BCUT2D eigenvalue weighted by Crippen LogP contribution is 2.25. The topological polar surface area (TPSA) is 9.23 Å². The highest BCUT2D eigenvalue weighted by Gasteiger charge is 1.97. The van der Waals surface area contributed by atoms with Gasteiger partial charge in [-0.3, -0.25) is 0 Å². The third kappa shape index (κ3) is 3.08. The molecule has 0 bridgehead atoms. The fourth-order valence-electron chi connectivity index (χ4n) is 1.17. The Balaban J connectivity index is 2.18. The summed E-state index contributed by atoms with van der Waals surface area (Å²) in [6.07, 6.45) is 0. The van der Waals surface area contributed by atoms with E-state index in [1.54, 1.807) is 0 Å². The molecule has 0 atom stereocenters. The van der Waals surface area contributed by atoms with Crippen LogP contribution in [0, 0.1) is 0 Å². The summed E-state index contributed by atoms with van der Waals surface area (Å²) in [6, 6.07) is 15.5. The summed E-state index contributed by atoms with van der Waals surface area (Å²) in [7, 11) is 0. The number of ether oxygens (including phenoxy) is 1. The van der Waals surface area contributed by atoms with Crippen LogP contribution in [-0.4, -0.2) is 0 Å². The first-order valence-electron chi connectivity index (χ1n) is 4.43. The van der Waals surface area contributed by atoms with E-state index in [0.717, 1.165) is 20.4 Å². The Labute approximate surface area is 105 Å². The predicted molar refractivity (Wildman–Crippen MR) is 68.4 cm³/mol. The second-order valence-electron chi connectivity index (χ2n) is 3.01. The molecule has 15 heavy (non-hydrogen) atoms. The summed E-state index contributed by atoms with van der Waals surface area (Å²) < 4.78 is 7.72. The molecule has 2 rings (SSSR count). The fraction of sp³-hybridized carbons (Fsp3) is 0. The van der Waals surface area contributed by atoms with Crippen molar-refractivity contribution in [2.45, 2.75) is 0 Å². The number of hydrogen-bond acceptors (Lipinski definition) is 1. The molecule has 0 saturated carbocycles. The van der Waals surface area contributed by atoms with Crippen molar-refractivity contribution in [1.82, 2.24) is 0 Å². The smallest absolute Gasteiger partial charge is 0.128 e. The lowest BCUT2D eigenvalue weighted by atomic mass is 10.3. The molecule has 2 aromatic carbocycles. The molecule has 76 valence electrons. The minimum absolute atomic E-state index is 0.826. The molecule has 0 unspecified atom stereocenters. The molecular weight excluding hydrogens is 320 g/mol. The SMILES string of the molecule is Brc1ccc(Oc2cccc(Br)c2)cc1. The van der Waals surface area contributed by atoms with Crippen molar-refractivity contribution in [1.29, 1.82) is 0 Å². The van der Waals surface area contributed by atoms with Gasteiger partial charge in [0, 0.05) is 8.95 Å². The number of rotatable bonds is 2. The van der Waals surface area contributed by atoms with Crippen molar-refractivity contribution in [2.24, 2.45) is 0 Å². The van der Waals surface area contributed by atoms with Crippen LogP contribution in [-0.2, 0) is 0 Å². The highest BCUT2D eigenvalue weighted by atomic mass is 79.9. The Kier molecular flexibility index (Phi) is 3.44. The lowest BCUT2D eigenvalue weighted by Crippen LogP contribution is -1.83. The molecule has 1 nitrogen and oxygen atoms in total. The normalized spacial score (nSPS) is 10.0. The van der Waals surface area contributed by atoms with Crippen LogP contribution in [0.25, 0.3) is 0 Å². The van der Waals surface area contributed by atoms with Gasteiger partial charge in [-0.05, 0) is 42.5 Å². The molecule has 2 aromatic rings. The van der Waals surface area contributed by atoms with Crippen molar-refractivity contribution in [3.63, 3.8) is 0 Å². The Morgan fingerprint density at radius 3 is 2.13 bits per heavy atom. The van der Waals surface area contributed by atoms with E-state index >= 15 is 0 Å². The lowest BCUT2D eigenvalue weighted by Gasteiger charge is -2.05. The largest absolute Gasteiger partial charge is 0.457 e. The third-order valence-corrected chi connectivity index (χ3v) is 2.87. The van der Waals surface area contributed by atoms with E-state index in [0.29, 0.717) is 0 Å². The first-order valence-corrected chi connectivity index (χ1v) is 6.01. The van der Waals surface area contributed by atoms with Crippen molar-refractivity contribution in [3.8, 4) is 11.5 Å². The zero-order valence-corrected chi connectivity index (χ0v) is 11.0. The maximum atomic E-state index is 5.66. The summed E-state index contributed by atoms with van der Waals surface area (Å²) in [5.41, 5.74) is 0. The van der Waals surface area contributed by atoms with Crippen LogP contribution >= 0.6 is 31.9 Å². The first-order chi connectivity index (χ1) is 7.24. The Morgan fingerprint density at radius 1 is 0.733 bits per heavy atom. The van der Waals surface area contributed by atoms with Crippen LogP contribution in [0.2, 0.25) is 0 Å². The summed E-state index contributed by atoms with van der Waals surface area (Å²) in [4.78, 5) is 0. The molecule has 0 aliphatic rings. The zero-order valence-electron chi connectivity index (χ0n) is 7.78. The maximum absolute atomic E-state index is 5.66. The van der Waals surface area contributed by atoms with E-state index in [-0.39, 0.29) is 0 Å². The van der Waals surface area contributed by atoms with Crippen LogP contribution in [0.3, 0.4) is 0 Å². The van der Waals surface area contributed by atoms with Gasteiger partial charge in [-0.25, -0.2) is 0 Å². The first kappa shape index (κ1) is 10.7. The monoisotopic (exact) mass is 326 g/mol. The average molecular weight is 328 g/mol. The van der Waals surface area contributed by atoms with Crippen molar-refractivity contribution < 1.29 is 4.74 Å². The fourth-order valence-corrected chi connectivity index (χ4v) is 1.81. The molecule has 0 fully saturated rings. The zero-order chi connectivity index (χ0) is 10.7. The molecule has 0 aliphatic heterocycles. The van der Waals surface area contributed by atoms with Crippen molar-refractivity contribution in [3.05, 3.63) is 57.5 Å². The van der Waals surface area contributed by atoms with E-state index in [9.17, 15) is 0 Å². The Morgan fingerprint density at radius 2 is 1.47 bits per heavy atom. The molecule has 0 amide bonds. The van der Waals surface area contributed by atoms with Gasteiger partial charge in [0.2, 0.25) is 0 Å². The highest BCUT2D eigenvalue weighted by molar-refractivity contribution is 9.10. The Bertz CT molecular complexity index is 451. The molecule has 0 aliphatic carbocycles. The molecule has 0 spiro atoms. The van der Waals surface area contributed by atoms with Gasteiger partial charge in [0.1, 0.15) is 11.5 Å². The van der Waals surface area contributed by atoms with Crippen molar-refractivity contribution in [2.75, 3.05) is 0 Å². The molecule has 0 radical (unpaired) electrons. The standard InChI is InChI=1S/C12H8Br2O/c13-9-4-6-11(7-5-9)15-12-3-1-2-10(14)8-12/h1-8H. The van der Waals surface area contributed by atoms with Gasteiger partial charge in [-0.2, -0.15) is 0 Å². The predicted octanol–water partition coefficient (Wildman–Crippen LogP) is 5.00. The van der Waals surface area contributed by atoms with Gasteiger partial charge in [0.25, 0.3) is 0 Å². The van der Waals surface area contributed by atoms with Gasteiger partial charge in [-0.1, -0.05) is 37.9 Å². The van der Waals surface area contributed by atoms with Gasteiger partial charge in [-0.15, -0.1) is 0 Å². The molecule has 0 aromatic heterocycles. The van der Waals surface area contributed by atoms with Crippen LogP contribution < -0.4 is 4.74 Å². The van der Waals surface area contributed by atoms with E-state index in [4.69, 9.17) is 4.74 Å². The summed E-state index contributed by atoms with van der Waals surface area (Å²) in [5, 5.41) is 0. The van der Waals surface area contributed by atoms with Gasteiger partial charge < -0.3 is 4.74 Å². The third-order valence-electron chi connectivity index (χ3n) is 1.85. The van der Waals surface area contributed by atoms with Crippen LogP contribution in [0.4, 0.5) is 0 Å². The summed E-state index contributed by atoms with van der Waals surface area (Å²) in [6.45, 7) is 0. The van der Waals surface area contributed by atoms with Crippen LogP contribution in [0.5, 0.6) is 11.5 Å². The second-order valence-corrected chi connectivity index (χ2v) is 4.84. The average Bonchev–Trinajstić information content (AvgIpc) is 2.22. The summed E-state index contributed by atoms with van der Waals surface area (Å²) >= 11 is 6.78. The van der Waals surface area contributed by atoms with Gasteiger partial charge in [0.15, 0.2) is 0 Å². The lowest BCUT2D eigenvalue weighted by molar-refractivity contribution is 0.482. The van der Waals surface area contributed by atoms with E-state index in [2.05, 4.69) is 31.9 Å². The van der Waals surface area contributed by atoms with Gasteiger partial charge in [0.05, 0.1) is 0 Å². The second kappa shape index (κ2) is 4.81. The minimum atomic E-state index is 0.826. The number of benzene rings is 2. The molecule has 0 N–H and O–H groups in total. The molecule has 3 heteroatoms.